The Morgan fingerprint density at radius 2 is 2.14 bits per heavy atom. The number of rotatable bonds is 4. The van der Waals surface area contributed by atoms with Gasteiger partial charge in [-0.3, -0.25) is 4.68 Å². The third kappa shape index (κ3) is 2.49. The van der Waals surface area contributed by atoms with Crippen LogP contribution in [0.3, 0.4) is 0 Å². The molecule has 1 saturated heterocycles. The molecule has 0 bridgehead atoms. The van der Waals surface area contributed by atoms with Crippen LogP contribution in [-0.4, -0.2) is 22.9 Å². The second-order valence-electron chi connectivity index (χ2n) is 6.11. The van der Waals surface area contributed by atoms with Crippen molar-refractivity contribution in [3.05, 3.63) is 51.8 Å². The topological polar surface area (TPSA) is 29.9 Å². The Labute approximate surface area is 131 Å². The molecule has 2 heterocycles. The molecule has 0 atom stereocenters. The van der Waals surface area contributed by atoms with Crippen LogP contribution in [-0.2, 0) is 25.3 Å². The van der Waals surface area contributed by atoms with E-state index in [9.17, 15) is 0 Å². The Morgan fingerprint density at radius 3 is 2.67 bits per heavy atom. The Morgan fingerprint density at radius 1 is 1.38 bits per heavy atom. The van der Waals surface area contributed by atoms with Crippen molar-refractivity contribution in [3.63, 3.8) is 0 Å². The zero-order valence-electron chi connectivity index (χ0n) is 12.9. The molecule has 112 valence electrons. The summed E-state index contributed by atoms with van der Waals surface area (Å²) in [7, 11) is 2.00. The molecule has 1 N–H and O–H groups in total. The van der Waals surface area contributed by atoms with Gasteiger partial charge in [0.25, 0.3) is 0 Å². The molecule has 1 aromatic heterocycles. The van der Waals surface area contributed by atoms with Gasteiger partial charge >= 0.3 is 0 Å². The SMILES string of the molecule is CCc1nn(C)c(CC2(c3cccc(C)c3)CNC2)c1Cl. The van der Waals surface area contributed by atoms with Crippen LogP contribution in [0.4, 0.5) is 0 Å². The minimum Gasteiger partial charge on any atom is -0.315 e. The zero-order chi connectivity index (χ0) is 15.0. The van der Waals surface area contributed by atoms with Crippen molar-refractivity contribution in [2.45, 2.75) is 32.1 Å². The summed E-state index contributed by atoms with van der Waals surface area (Å²) in [6.07, 6.45) is 1.81. The molecule has 1 aliphatic rings. The monoisotopic (exact) mass is 303 g/mol. The highest BCUT2D eigenvalue weighted by molar-refractivity contribution is 6.31. The smallest absolute Gasteiger partial charge is 0.0850 e. The van der Waals surface area contributed by atoms with Gasteiger partial charge in [-0.1, -0.05) is 48.4 Å². The summed E-state index contributed by atoms with van der Waals surface area (Å²) in [6, 6.07) is 8.83. The van der Waals surface area contributed by atoms with Crippen LogP contribution in [0.5, 0.6) is 0 Å². The van der Waals surface area contributed by atoms with E-state index in [0.29, 0.717) is 0 Å². The second-order valence-corrected chi connectivity index (χ2v) is 6.49. The highest BCUT2D eigenvalue weighted by atomic mass is 35.5. The molecule has 1 fully saturated rings. The number of benzene rings is 1. The van der Waals surface area contributed by atoms with Gasteiger partial charge < -0.3 is 5.32 Å². The Hall–Kier alpha value is -1.32. The molecular weight excluding hydrogens is 282 g/mol. The van der Waals surface area contributed by atoms with E-state index in [-0.39, 0.29) is 5.41 Å². The normalized spacial score (nSPS) is 16.8. The van der Waals surface area contributed by atoms with Crippen molar-refractivity contribution in [3.8, 4) is 0 Å². The summed E-state index contributed by atoms with van der Waals surface area (Å²) in [5.41, 5.74) is 5.01. The minimum atomic E-state index is 0.147. The molecule has 0 unspecified atom stereocenters. The summed E-state index contributed by atoms with van der Waals surface area (Å²) < 4.78 is 1.96. The molecule has 1 aliphatic heterocycles. The van der Waals surface area contributed by atoms with Gasteiger partial charge in [-0.15, -0.1) is 0 Å². The van der Waals surface area contributed by atoms with Crippen molar-refractivity contribution < 1.29 is 0 Å². The minimum absolute atomic E-state index is 0.147. The van der Waals surface area contributed by atoms with Crippen molar-refractivity contribution in [2.24, 2.45) is 7.05 Å². The molecule has 1 aromatic carbocycles. The van der Waals surface area contributed by atoms with Crippen molar-refractivity contribution in [1.29, 1.82) is 0 Å². The van der Waals surface area contributed by atoms with Crippen LogP contribution in [0.25, 0.3) is 0 Å². The quantitative estimate of drug-likeness (QED) is 0.941. The highest BCUT2D eigenvalue weighted by Gasteiger charge is 2.40. The lowest BCUT2D eigenvalue weighted by Gasteiger charge is -2.43. The van der Waals surface area contributed by atoms with E-state index in [4.69, 9.17) is 11.6 Å². The van der Waals surface area contributed by atoms with Crippen LogP contribution >= 0.6 is 11.6 Å². The lowest BCUT2D eigenvalue weighted by Crippen LogP contribution is -2.58. The molecule has 2 aromatic rings. The van der Waals surface area contributed by atoms with Crippen molar-refractivity contribution in [2.75, 3.05) is 13.1 Å². The third-order valence-corrected chi connectivity index (χ3v) is 5.00. The number of aryl methyl sites for hydroxylation is 3. The van der Waals surface area contributed by atoms with Gasteiger partial charge in [0.15, 0.2) is 0 Å². The van der Waals surface area contributed by atoms with Crippen LogP contribution in [0, 0.1) is 6.92 Å². The molecule has 0 aliphatic carbocycles. The molecule has 4 heteroatoms. The fourth-order valence-corrected chi connectivity index (χ4v) is 3.53. The molecule has 0 spiro atoms. The van der Waals surface area contributed by atoms with E-state index >= 15 is 0 Å². The highest BCUT2D eigenvalue weighted by Crippen LogP contribution is 2.35. The number of hydrogen-bond donors (Lipinski definition) is 1. The van der Waals surface area contributed by atoms with Gasteiger partial charge in [-0.05, 0) is 18.9 Å². The van der Waals surface area contributed by atoms with Crippen LogP contribution in [0.1, 0.15) is 29.4 Å². The van der Waals surface area contributed by atoms with E-state index in [1.54, 1.807) is 0 Å². The van der Waals surface area contributed by atoms with Crippen LogP contribution in [0.15, 0.2) is 24.3 Å². The molecule has 0 saturated carbocycles. The second kappa shape index (κ2) is 5.47. The Balaban J connectivity index is 1.97. The molecule has 3 nitrogen and oxygen atoms in total. The zero-order valence-corrected chi connectivity index (χ0v) is 13.7. The average molecular weight is 304 g/mol. The van der Waals surface area contributed by atoms with Gasteiger partial charge in [-0.25, -0.2) is 0 Å². The number of aromatic nitrogens is 2. The number of halogens is 1. The van der Waals surface area contributed by atoms with Crippen LogP contribution < -0.4 is 5.32 Å². The maximum Gasteiger partial charge on any atom is 0.0850 e. The summed E-state index contributed by atoms with van der Waals surface area (Å²) in [5, 5.41) is 8.82. The predicted molar refractivity (Wildman–Crippen MR) is 87.0 cm³/mol. The van der Waals surface area contributed by atoms with Gasteiger partial charge in [0.1, 0.15) is 0 Å². The largest absolute Gasteiger partial charge is 0.315 e. The Bertz CT molecular complexity index is 656. The summed E-state index contributed by atoms with van der Waals surface area (Å²) in [6.45, 7) is 6.24. The van der Waals surface area contributed by atoms with E-state index < -0.39 is 0 Å². The van der Waals surface area contributed by atoms with Crippen molar-refractivity contribution >= 4 is 11.6 Å². The fourth-order valence-electron chi connectivity index (χ4n) is 3.17. The molecule has 3 rings (SSSR count). The Kier molecular flexibility index (Phi) is 3.80. The van der Waals surface area contributed by atoms with E-state index in [2.05, 4.69) is 48.5 Å². The average Bonchev–Trinajstić information content (AvgIpc) is 2.69. The first-order chi connectivity index (χ1) is 10.1. The van der Waals surface area contributed by atoms with Gasteiger partial charge in [-0.2, -0.15) is 5.10 Å². The van der Waals surface area contributed by atoms with E-state index in [1.807, 2.05) is 11.7 Å². The maximum atomic E-state index is 6.53. The van der Waals surface area contributed by atoms with Gasteiger partial charge in [0, 0.05) is 32.0 Å². The summed E-state index contributed by atoms with van der Waals surface area (Å²) in [4.78, 5) is 0. The predicted octanol–water partition coefficient (Wildman–Crippen LogP) is 3.03. The first-order valence-electron chi connectivity index (χ1n) is 7.54. The van der Waals surface area contributed by atoms with Crippen molar-refractivity contribution in [1.82, 2.24) is 15.1 Å². The van der Waals surface area contributed by atoms with Crippen LogP contribution in [0.2, 0.25) is 5.02 Å². The fraction of sp³-hybridized carbons (Fsp3) is 0.471. The summed E-state index contributed by atoms with van der Waals surface area (Å²) >= 11 is 6.53. The van der Waals surface area contributed by atoms with E-state index in [1.165, 1.54) is 11.1 Å². The maximum absolute atomic E-state index is 6.53. The number of nitrogens with one attached hydrogen (secondary N) is 1. The lowest BCUT2D eigenvalue weighted by atomic mass is 9.71. The summed E-state index contributed by atoms with van der Waals surface area (Å²) in [5.74, 6) is 0. The third-order valence-electron chi connectivity index (χ3n) is 4.57. The molecule has 21 heavy (non-hydrogen) atoms. The number of hydrogen-bond acceptors (Lipinski definition) is 2. The first kappa shape index (κ1) is 14.6. The number of nitrogens with zero attached hydrogens (tertiary/aromatic N) is 2. The first-order valence-corrected chi connectivity index (χ1v) is 7.91. The lowest BCUT2D eigenvalue weighted by molar-refractivity contribution is 0.269. The van der Waals surface area contributed by atoms with Gasteiger partial charge in [0.2, 0.25) is 0 Å². The van der Waals surface area contributed by atoms with E-state index in [0.717, 1.165) is 42.3 Å². The molecule has 0 amide bonds. The standard InChI is InChI=1S/C17H22ClN3/c1-4-14-16(18)15(21(3)20-14)9-17(10-19-11-17)13-7-5-6-12(2)8-13/h5-8,19H,4,9-11H2,1-3H3. The molecule has 0 radical (unpaired) electrons. The van der Waals surface area contributed by atoms with Gasteiger partial charge in [0.05, 0.1) is 16.4 Å². The molecular formula is C17H22ClN3.